The van der Waals surface area contributed by atoms with Gasteiger partial charge in [-0.05, 0) is 55.8 Å². The molecule has 0 unspecified atom stereocenters. The molecule has 2 aromatic heterocycles. The van der Waals surface area contributed by atoms with Gasteiger partial charge in [-0.2, -0.15) is 10.2 Å². The molecule has 0 radical (unpaired) electrons. The molecule has 0 atom stereocenters. The van der Waals surface area contributed by atoms with E-state index in [-0.39, 0.29) is 0 Å². The third kappa shape index (κ3) is 4.46. The Morgan fingerprint density at radius 3 is 2.52 bits per heavy atom. The largest absolute Gasteiger partial charge is 0.350 e. The number of amides is 2. The SMILES string of the molecule is CCn1cc(-c2cccc(N(O)C(=O)Nc3ccc(C)cc3)c2)c(-c2ccncc2)n1. The van der Waals surface area contributed by atoms with E-state index in [1.807, 2.05) is 55.1 Å². The summed E-state index contributed by atoms with van der Waals surface area (Å²) in [5.41, 5.74) is 5.55. The molecule has 0 saturated heterocycles. The van der Waals surface area contributed by atoms with Crippen molar-refractivity contribution in [3.05, 3.63) is 84.8 Å². The number of hydroxylamine groups is 1. The van der Waals surface area contributed by atoms with Crippen LogP contribution in [0.1, 0.15) is 12.5 Å². The fourth-order valence-electron chi connectivity index (χ4n) is 3.25. The first-order valence-corrected chi connectivity index (χ1v) is 10.00. The van der Waals surface area contributed by atoms with E-state index >= 15 is 0 Å². The third-order valence-electron chi connectivity index (χ3n) is 4.94. The van der Waals surface area contributed by atoms with Gasteiger partial charge >= 0.3 is 6.03 Å². The van der Waals surface area contributed by atoms with E-state index in [2.05, 4.69) is 15.4 Å². The summed E-state index contributed by atoms with van der Waals surface area (Å²) in [6.07, 6.45) is 5.42. The number of benzene rings is 2. The number of nitrogens with one attached hydrogen (secondary N) is 1. The van der Waals surface area contributed by atoms with E-state index in [1.165, 1.54) is 0 Å². The zero-order valence-electron chi connectivity index (χ0n) is 17.4. The monoisotopic (exact) mass is 413 g/mol. The molecule has 0 aliphatic carbocycles. The molecule has 0 aliphatic heterocycles. The summed E-state index contributed by atoms with van der Waals surface area (Å²) in [5, 5.41) is 18.5. The van der Waals surface area contributed by atoms with Crippen LogP contribution in [-0.4, -0.2) is 26.0 Å². The minimum atomic E-state index is -0.639. The lowest BCUT2D eigenvalue weighted by Crippen LogP contribution is -2.31. The lowest BCUT2D eigenvalue weighted by atomic mass is 10.0. The van der Waals surface area contributed by atoms with Gasteiger partial charge in [0, 0.05) is 41.9 Å². The fraction of sp³-hybridized carbons (Fsp3) is 0.125. The van der Waals surface area contributed by atoms with Crippen molar-refractivity contribution in [2.75, 3.05) is 10.4 Å². The predicted molar refractivity (Wildman–Crippen MR) is 121 cm³/mol. The Kier molecular flexibility index (Phi) is 5.77. The third-order valence-corrected chi connectivity index (χ3v) is 4.94. The Hall–Kier alpha value is -3.97. The highest BCUT2D eigenvalue weighted by Gasteiger charge is 2.17. The molecule has 2 aromatic carbocycles. The summed E-state index contributed by atoms with van der Waals surface area (Å²) in [6.45, 7) is 4.72. The Labute approximate surface area is 180 Å². The van der Waals surface area contributed by atoms with E-state index in [4.69, 9.17) is 0 Å². The van der Waals surface area contributed by atoms with Crippen molar-refractivity contribution in [3.63, 3.8) is 0 Å². The number of anilines is 2. The number of hydrogen-bond acceptors (Lipinski definition) is 4. The smallest absolute Gasteiger partial charge is 0.306 e. The van der Waals surface area contributed by atoms with E-state index in [9.17, 15) is 10.0 Å². The zero-order valence-corrected chi connectivity index (χ0v) is 17.4. The number of carbonyl (C=O) groups excluding carboxylic acids is 1. The summed E-state index contributed by atoms with van der Waals surface area (Å²) in [7, 11) is 0. The lowest BCUT2D eigenvalue weighted by molar-refractivity contribution is 0.216. The predicted octanol–water partition coefficient (Wildman–Crippen LogP) is 5.37. The van der Waals surface area contributed by atoms with Gasteiger partial charge in [-0.3, -0.25) is 14.9 Å². The maximum Gasteiger partial charge on any atom is 0.350 e. The van der Waals surface area contributed by atoms with Crippen LogP contribution in [0, 0.1) is 6.92 Å². The topological polar surface area (TPSA) is 83.3 Å². The second-order valence-corrected chi connectivity index (χ2v) is 7.14. The van der Waals surface area contributed by atoms with Crippen LogP contribution in [0.25, 0.3) is 22.4 Å². The zero-order chi connectivity index (χ0) is 21.8. The molecular weight excluding hydrogens is 390 g/mol. The minimum Gasteiger partial charge on any atom is -0.306 e. The number of nitrogens with zero attached hydrogens (tertiary/aromatic N) is 4. The molecule has 2 amide bonds. The molecular formula is C24H23N5O2. The Balaban J connectivity index is 1.63. The van der Waals surface area contributed by atoms with Crippen LogP contribution in [0.4, 0.5) is 16.2 Å². The van der Waals surface area contributed by atoms with Crippen LogP contribution < -0.4 is 10.4 Å². The van der Waals surface area contributed by atoms with Gasteiger partial charge in [-0.1, -0.05) is 29.8 Å². The lowest BCUT2D eigenvalue weighted by Gasteiger charge is -2.17. The minimum absolute atomic E-state index is 0.354. The van der Waals surface area contributed by atoms with Gasteiger partial charge in [0.25, 0.3) is 0 Å². The second-order valence-electron chi connectivity index (χ2n) is 7.14. The van der Waals surface area contributed by atoms with Crippen molar-refractivity contribution >= 4 is 17.4 Å². The quantitative estimate of drug-likeness (QED) is 0.340. The van der Waals surface area contributed by atoms with Crippen molar-refractivity contribution in [2.45, 2.75) is 20.4 Å². The highest BCUT2D eigenvalue weighted by atomic mass is 16.5. The summed E-state index contributed by atoms with van der Waals surface area (Å²) in [4.78, 5) is 16.6. The van der Waals surface area contributed by atoms with Crippen LogP contribution in [-0.2, 0) is 6.54 Å². The molecule has 4 rings (SSSR count). The van der Waals surface area contributed by atoms with Gasteiger partial charge < -0.3 is 5.32 Å². The molecule has 2 heterocycles. The standard InChI is InChI=1S/C24H23N5O2/c1-3-28-16-22(23(27-28)18-11-13-25-14-12-18)19-5-4-6-21(15-19)29(31)24(30)26-20-9-7-17(2)8-10-20/h4-16,31H,3H2,1-2H3,(H,26,30). The first-order valence-electron chi connectivity index (χ1n) is 10.00. The van der Waals surface area contributed by atoms with Gasteiger partial charge in [0.1, 0.15) is 5.69 Å². The number of pyridine rings is 1. The van der Waals surface area contributed by atoms with Gasteiger partial charge in [0.05, 0.1) is 5.69 Å². The van der Waals surface area contributed by atoms with Crippen molar-refractivity contribution in [1.29, 1.82) is 0 Å². The Bertz CT molecular complexity index is 1190. The molecule has 156 valence electrons. The number of aryl methyl sites for hydroxylation is 2. The van der Waals surface area contributed by atoms with Gasteiger partial charge in [-0.15, -0.1) is 0 Å². The van der Waals surface area contributed by atoms with Crippen LogP contribution in [0.15, 0.2) is 79.3 Å². The van der Waals surface area contributed by atoms with Crippen LogP contribution in [0.5, 0.6) is 0 Å². The van der Waals surface area contributed by atoms with Crippen molar-refractivity contribution in [3.8, 4) is 22.4 Å². The number of hydrogen-bond donors (Lipinski definition) is 2. The van der Waals surface area contributed by atoms with Crippen molar-refractivity contribution in [1.82, 2.24) is 14.8 Å². The number of aromatic nitrogens is 3. The fourth-order valence-corrected chi connectivity index (χ4v) is 3.25. The molecule has 0 aliphatic rings. The highest BCUT2D eigenvalue weighted by Crippen LogP contribution is 2.32. The van der Waals surface area contributed by atoms with E-state index in [1.54, 1.807) is 42.7 Å². The number of rotatable bonds is 5. The highest BCUT2D eigenvalue weighted by molar-refractivity contribution is 6.00. The first kappa shape index (κ1) is 20.3. The van der Waals surface area contributed by atoms with Crippen LogP contribution >= 0.6 is 0 Å². The summed E-state index contributed by atoms with van der Waals surface area (Å²) < 4.78 is 1.86. The van der Waals surface area contributed by atoms with Gasteiger partial charge in [0.15, 0.2) is 0 Å². The molecule has 0 saturated carbocycles. The van der Waals surface area contributed by atoms with Crippen LogP contribution in [0.3, 0.4) is 0 Å². The maximum absolute atomic E-state index is 12.5. The molecule has 7 heteroatoms. The molecule has 2 N–H and O–H groups in total. The second kappa shape index (κ2) is 8.81. The number of carbonyl (C=O) groups is 1. The van der Waals surface area contributed by atoms with Crippen LogP contribution in [0.2, 0.25) is 0 Å². The van der Waals surface area contributed by atoms with Gasteiger partial charge in [-0.25, -0.2) is 4.79 Å². The van der Waals surface area contributed by atoms with Crippen molar-refractivity contribution < 1.29 is 10.0 Å². The number of urea groups is 1. The molecule has 0 bridgehead atoms. The van der Waals surface area contributed by atoms with Crippen molar-refractivity contribution in [2.24, 2.45) is 0 Å². The molecule has 7 nitrogen and oxygen atoms in total. The Morgan fingerprint density at radius 2 is 1.81 bits per heavy atom. The van der Waals surface area contributed by atoms with Gasteiger partial charge in [0.2, 0.25) is 0 Å². The molecule has 31 heavy (non-hydrogen) atoms. The van der Waals surface area contributed by atoms with E-state index < -0.39 is 6.03 Å². The normalized spacial score (nSPS) is 10.7. The summed E-state index contributed by atoms with van der Waals surface area (Å²) in [5.74, 6) is 0. The van der Waals surface area contributed by atoms with E-state index in [0.29, 0.717) is 16.4 Å². The average molecular weight is 413 g/mol. The average Bonchev–Trinajstić information content (AvgIpc) is 3.25. The Morgan fingerprint density at radius 1 is 1.06 bits per heavy atom. The first-order chi connectivity index (χ1) is 15.0. The molecule has 0 spiro atoms. The maximum atomic E-state index is 12.5. The molecule has 0 fully saturated rings. The summed E-state index contributed by atoms with van der Waals surface area (Å²) in [6, 6.07) is 17.7. The van der Waals surface area contributed by atoms with E-state index in [0.717, 1.165) is 34.5 Å². The molecule has 4 aromatic rings. The summed E-state index contributed by atoms with van der Waals surface area (Å²) >= 11 is 0.